The number of nitrogen functional groups attached to an aromatic ring is 1. The first kappa shape index (κ1) is 9.53. The highest BCUT2D eigenvalue weighted by Crippen LogP contribution is 2.19. The van der Waals surface area contributed by atoms with E-state index in [1.807, 2.05) is 0 Å². The Morgan fingerprint density at radius 3 is 2.80 bits per heavy atom. The maximum atomic E-state index is 10.6. The largest absolute Gasteiger partial charge is 0.477 e. The fourth-order valence-corrected chi connectivity index (χ4v) is 1.57. The second-order valence-electron chi connectivity index (χ2n) is 2.63. The highest BCUT2D eigenvalue weighted by atomic mass is 32.1. The summed E-state index contributed by atoms with van der Waals surface area (Å²) in [6.07, 6.45) is 2.80. The number of nitrogens with two attached hydrogens (primary N) is 1. The number of thiazole rings is 1. The number of anilines is 1. The lowest BCUT2D eigenvalue weighted by atomic mass is 10.3. The summed E-state index contributed by atoms with van der Waals surface area (Å²) in [7, 11) is 0. The third-order valence-corrected chi connectivity index (χ3v) is 2.44. The van der Waals surface area contributed by atoms with Crippen molar-refractivity contribution in [2.75, 3.05) is 5.73 Å². The van der Waals surface area contributed by atoms with Gasteiger partial charge in [0, 0.05) is 17.8 Å². The van der Waals surface area contributed by atoms with E-state index < -0.39 is 5.97 Å². The van der Waals surface area contributed by atoms with E-state index in [1.54, 1.807) is 11.6 Å². The van der Waals surface area contributed by atoms with Crippen molar-refractivity contribution < 1.29 is 9.90 Å². The van der Waals surface area contributed by atoms with Gasteiger partial charge in [-0.3, -0.25) is 0 Å². The van der Waals surface area contributed by atoms with Gasteiger partial charge in [0.2, 0.25) is 0 Å². The van der Waals surface area contributed by atoms with Crippen molar-refractivity contribution in [3.63, 3.8) is 0 Å². The van der Waals surface area contributed by atoms with Crippen LogP contribution in [0.5, 0.6) is 0 Å². The molecule has 76 valence electrons. The van der Waals surface area contributed by atoms with Gasteiger partial charge in [-0.2, -0.15) is 0 Å². The number of aromatic carboxylic acids is 1. The highest BCUT2D eigenvalue weighted by Gasteiger charge is 2.12. The molecule has 0 aliphatic rings. The third kappa shape index (κ3) is 1.77. The second kappa shape index (κ2) is 3.62. The average Bonchev–Trinajstić information content (AvgIpc) is 2.69. The topological polar surface area (TPSA) is 102 Å². The maximum absolute atomic E-state index is 10.6. The minimum Gasteiger partial charge on any atom is -0.477 e. The number of carboxylic acid groups (broad SMARTS) is 1. The van der Waals surface area contributed by atoms with E-state index in [-0.39, 0.29) is 11.4 Å². The van der Waals surface area contributed by atoms with Crippen molar-refractivity contribution in [1.82, 2.24) is 15.0 Å². The number of carbonyl (C=O) groups is 1. The molecule has 0 aliphatic carbocycles. The van der Waals surface area contributed by atoms with Crippen molar-refractivity contribution in [3.05, 3.63) is 23.3 Å². The summed E-state index contributed by atoms with van der Waals surface area (Å²) in [5.74, 6) is -0.853. The first-order valence-electron chi connectivity index (χ1n) is 3.94. The molecule has 2 rings (SSSR count). The lowest BCUT2D eigenvalue weighted by molar-refractivity contribution is 0.0697. The summed E-state index contributed by atoms with van der Waals surface area (Å²) in [4.78, 5) is 22.4. The molecule has 7 heteroatoms. The Morgan fingerprint density at radius 2 is 2.27 bits per heavy atom. The minimum atomic E-state index is -1.14. The van der Waals surface area contributed by atoms with Gasteiger partial charge in [0.15, 0.2) is 10.8 Å². The molecule has 0 atom stereocenters. The van der Waals surface area contributed by atoms with Crippen LogP contribution in [0.1, 0.15) is 10.4 Å². The Bertz CT molecular complexity index is 497. The van der Waals surface area contributed by atoms with Crippen LogP contribution in [0, 0.1) is 0 Å². The lowest BCUT2D eigenvalue weighted by Gasteiger charge is -2.00. The van der Waals surface area contributed by atoms with Gasteiger partial charge >= 0.3 is 5.97 Å². The Hall–Kier alpha value is -2.02. The molecule has 3 N–H and O–H groups in total. The molecule has 0 aliphatic heterocycles. The minimum absolute atomic E-state index is 0.0531. The predicted octanol–water partition coefficient (Wildman–Crippen LogP) is 0.880. The zero-order chi connectivity index (χ0) is 10.8. The van der Waals surface area contributed by atoms with Crippen LogP contribution in [0.25, 0.3) is 10.8 Å². The molecule has 2 aromatic rings. The molecular formula is C8H6N4O2S. The first-order valence-corrected chi connectivity index (χ1v) is 4.82. The van der Waals surface area contributed by atoms with Crippen LogP contribution in [-0.4, -0.2) is 26.0 Å². The number of hydrogen-bond acceptors (Lipinski definition) is 6. The van der Waals surface area contributed by atoms with Crippen LogP contribution < -0.4 is 5.73 Å². The van der Waals surface area contributed by atoms with Crippen LogP contribution in [0.4, 0.5) is 5.82 Å². The average molecular weight is 222 g/mol. The van der Waals surface area contributed by atoms with Gasteiger partial charge in [0.05, 0.1) is 0 Å². The van der Waals surface area contributed by atoms with Crippen molar-refractivity contribution in [1.29, 1.82) is 0 Å². The fourth-order valence-electron chi connectivity index (χ4n) is 0.997. The molecule has 0 radical (unpaired) electrons. The molecule has 2 heterocycles. The van der Waals surface area contributed by atoms with Crippen molar-refractivity contribution in [2.24, 2.45) is 0 Å². The van der Waals surface area contributed by atoms with E-state index in [1.165, 1.54) is 17.5 Å². The number of nitrogens with zero attached hydrogens (tertiary/aromatic N) is 3. The van der Waals surface area contributed by atoms with E-state index in [4.69, 9.17) is 10.8 Å². The summed E-state index contributed by atoms with van der Waals surface area (Å²) >= 11 is 1.36. The summed E-state index contributed by atoms with van der Waals surface area (Å²) in [6.45, 7) is 0. The van der Waals surface area contributed by atoms with Crippen LogP contribution >= 0.6 is 11.3 Å². The first-order chi connectivity index (χ1) is 7.18. The normalized spacial score (nSPS) is 10.1. The van der Waals surface area contributed by atoms with E-state index >= 15 is 0 Å². The van der Waals surface area contributed by atoms with Crippen LogP contribution in [0.15, 0.2) is 17.8 Å². The smallest absolute Gasteiger partial charge is 0.341 e. The Morgan fingerprint density at radius 1 is 1.47 bits per heavy atom. The molecule has 0 saturated carbocycles. The monoisotopic (exact) mass is 222 g/mol. The van der Waals surface area contributed by atoms with Gasteiger partial charge in [-0.05, 0) is 0 Å². The zero-order valence-electron chi connectivity index (χ0n) is 7.41. The van der Waals surface area contributed by atoms with Crippen molar-refractivity contribution >= 4 is 23.1 Å². The molecule has 0 unspecified atom stereocenters. The standard InChI is InChI=1S/C8H6N4O2S/c9-5-4(8(13)14)3-11-6(12-5)7-10-1-2-15-7/h1-3H,(H,13,14)(H2,9,11,12). The maximum Gasteiger partial charge on any atom is 0.341 e. The molecule has 15 heavy (non-hydrogen) atoms. The van der Waals surface area contributed by atoms with Gasteiger partial charge in [0.1, 0.15) is 11.4 Å². The predicted molar refractivity (Wildman–Crippen MR) is 54.5 cm³/mol. The Labute approximate surface area is 88.4 Å². The SMILES string of the molecule is Nc1nc(-c2nccs2)ncc1C(=O)O. The van der Waals surface area contributed by atoms with Gasteiger partial charge in [-0.15, -0.1) is 11.3 Å². The van der Waals surface area contributed by atoms with Crippen molar-refractivity contribution in [3.8, 4) is 10.8 Å². The molecular weight excluding hydrogens is 216 g/mol. The van der Waals surface area contributed by atoms with E-state index in [0.29, 0.717) is 10.8 Å². The zero-order valence-corrected chi connectivity index (χ0v) is 8.23. The summed E-state index contributed by atoms with van der Waals surface area (Å²) in [5.41, 5.74) is 5.37. The second-order valence-corrected chi connectivity index (χ2v) is 3.53. The van der Waals surface area contributed by atoms with Crippen LogP contribution in [0.3, 0.4) is 0 Å². The van der Waals surface area contributed by atoms with Gasteiger partial charge in [0.25, 0.3) is 0 Å². The molecule has 0 aromatic carbocycles. The highest BCUT2D eigenvalue weighted by molar-refractivity contribution is 7.12. The Balaban J connectivity index is 2.47. The molecule has 2 aromatic heterocycles. The van der Waals surface area contributed by atoms with Crippen LogP contribution in [-0.2, 0) is 0 Å². The molecule has 0 fully saturated rings. The molecule has 0 amide bonds. The molecule has 6 nitrogen and oxygen atoms in total. The summed E-state index contributed by atoms with van der Waals surface area (Å²) in [5, 5.41) is 11.1. The summed E-state index contributed by atoms with van der Waals surface area (Å²) < 4.78 is 0. The van der Waals surface area contributed by atoms with Gasteiger partial charge < -0.3 is 10.8 Å². The number of hydrogen-bond donors (Lipinski definition) is 2. The van der Waals surface area contributed by atoms with Gasteiger partial charge in [-0.25, -0.2) is 19.7 Å². The number of aromatic nitrogens is 3. The Kier molecular flexibility index (Phi) is 2.30. The number of rotatable bonds is 2. The van der Waals surface area contributed by atoms with E-state index in [9.17, 15) is 4.79 Å². The fraction of sp³-hybridized carbons (Fsp3) is 0. The van der Waals surface area contributed by atoms with Crippen LogP contribution in [0.2, 0.25) is 0 Å². The quantitative estimate of drug-likeness (QED) is 0.782. The lowest BCUT2D eigenvalue weighted by Crippen LogP contribution is -2.06. The van der Waals surface area contributed by atoms with E-state index in [0.717, 1.165) is 0 Å². The molecule has 0 bridgehead atoms. The molecule has 0 spiro atoms. The summed E-state index contributed by atoms with van der Waals surface area (Å²) in [6, 6.07) is 0. The molecule has 0 saturated heterocycles. The van der Waals surface area contributed by atoms with E-state index in [2.05, 4.69) is 15.0 Å². The number of carboxylic acids is 1. The third-order valence-electron chi connectivity index (χ3n) is 1.67. The van der Waals surface area contributed by atoms with Crippen molar-refractivity contribution in [2.45, 2.75) is 0 Å². The van der Waals surface area contributed by atoms with Gasteiger partial charge in [-0.1, -0.05) is 0 Å².